The van der Waals surface area contributed by atoms with Crippen molar-refractivity contribution in [2.24, 2.45) is 5.92 Å². The summed E-state index contributed by atoms with van der Waals surface area (Å²) in [7, 11) is 0. The number of amides is 1. The Morgan fingerprint density at radius 2 is 2.06 bits per heavy atom. The Morgan fingerprint density at radius 3 is 2.53 bits per heavy atom. The zero-order chi connectivity index (χ0) is 12.8. The number of rotatable bonds is 6. The van der Waals surface area contributed by atoms with Gasteiger partial charge in [0.15, 0.2) is 0 Å². The Hall–Kier alpha value is -0.870. The van der Waals surface area contributed by atoms with Crippen LogP contribution in [0.15, 0.2) is 12.1 Å². The first kappa shape index (κ1) is 14.2. The second-order valence-corrected chi connectivity index (χ2v) is 5.55. The molecule has 0 saturated heterocycles. The maximum absolute atomic E-state index is 11.7. The topological polar surface area (TPSA) is 49.3 Å². The second kappa shape index (κ2) is 6.77. The summed E-state index contributed by atoms with van der Waals surface area (Å²) in [6, 6.07) is 3.75. The van der Waals surface area contributed by atoms with Gasteiger partial charge in [0.05, 0.1) is 11.0 Å². The van der Waals surface area contributed by atoms with Crippen molar-refractivity contribution >= 4 is 17.2 Å². The van der Waals surface area contributed by atoms with Crippen molar-refractivity contribution in [2.45, 2.75) is 39.7 Å². The van der Waals surface area contributed by atoms with E-state index in [1.54, 1.807) is 0 Å². The van der Waals surface area contributed by atoms with Crippen molar-refractivity contribution < 1.29 is 9.90 Å². The van der Waals surface area contributed by atoms with E-state index in [9.17, 15) is 9.90 Å². The lowest BCUT2D eigenvalue weighted by Crippen LogP contribution is -2.35. The average Bonchev–Trinajstić information content (AvgIpc) is 2.74. The molecule has 3 nitrogen and oxygen atoms in total. The Bertz CT molecular complexity index is 358. The zero-order valence-electron chi connectivity index (χ0n) is 10.7. The van der Waals surface area contributed by atoms with Crippen LogP contribution in [0.2, 0.25) is 0 Å². The van der Waals surface area contributed by atoms with Gasteiger partial charge >= 0.3 is 0 Å². The lowest BCUT2D eigenvalue weighted by atomic mass is 9.96. The fourth-order valence-corrected chi connectivity index (χ4v) is 2.62. The number of carbonyl (C=O) groups is 1. The molecule has 0 aromatic carbocycles. The zero-order valence-corrected chi connectivity index (χ0v) is 11.5. The number of hydrogen-bond donors (Lipinski definition) is 2. The lowest BCUT2D eigenvalue weighted by Gasteiger charge is -2.20. The van der Waals surface area contributed by atoms with Crippen LogP contribution >= 0.6 is 11.3 Å². The van der Waals surface area contributed by atoms with E-state index < -0.39 is 6.10 Å². The highest BCUT2D eigenvalue weighted by Gasteiger charge is 2.17. The molecular formula is C13H21NO2S. The summed E-state index contributed by atoms with van der Waals surface area (Å²) in [5.41, 5.74) is 0. The molecular weight excluding hydrogens is 234 g/mol. The number of nitrogens with one attached hydrogen (secondary N) is 1. The first-order chi connectivity index (χ1) is 8.08. The third-order valence-electron chi connectivity index (χ3n) is 3.03. The summed E-state index contributed by atoms with van der Waals surface area (Å²) in [4.78, 5) is 13.6. The van der Waals surface area contributed by atoms with Gasteiger partial charge in [0.2, 0.25) is 0 Å². The smallest absolute Gasteiger partial charge is 0.261 e. The average molecular weight is 255 g/mol. The van der Waals surface area contributed by atoms with E-state index in [1.165, 1.54) is 11.3 Å². The Labute approximate surface area is 107 Å². The predicted octanol–water partition coefficient (Wildman–Crippen LogP) is 2.58. The molecule has 0 fully saturated rings. The van der Waals surface area contributed by atoms with Crippen LogP contribution in [0.5, 0.6) is 0 Å². The van der Waals surface area contributed by atoms with E-state index in [0.29, 0.717) is 11.4 Å². The van der Waals surface area contributed by atoms with Gasteiger partial charge < -0.3 is 10.4 Å². The quantitative estimate of drug-likeness (QED) is 0.821. The lowest BCUT2D eigenvalue weighted by molar-refractivity contribution is 0.0819. The number of aryl methyl sites for hydroxylation is 1. The van der Waals surface area contributed by atoms with Crippen LogP contribution in [0.25, 0.3) is 0 Å². The molecule has 0 aliphatic carbocycles. The third kappa shape index (κ3) is 4.13. The summed E-state index contributed by atoms with van der Waals surface area (Å²) in [5.74, 6) is 0.175. The molecule has 17 heavy (non-hydrogen) atoms. The fraction of sp³-hybridized carbons (Fsp3) is 0.615. The van der Waals surface area contributed by atoms with E-state index in [2.05, 4.69) is 19.2 Å². The largest absolute Gasteiger partial charge is 0.391 e. The Balaban J connectivity index is 2.43. The normalized spacial score (nSPS) is 12.8. The molecule has 1 aromatic heterocycles. The van der Waals surface area contributed by atoms with E-state index in [1.807, 2.05) is 19.1 Å². The minimum absolute atomic E-state index is 0.0897. The summed E-state index contributed by atoms with van der Waals surface area (Å²) >= 11 is 1.47. The number of hydrogen-bond acceptors (Lipinski definition) is 3. The van der Waals surface area contributed by atoms with Crippen molar-refractivity contribution in [1.29, 1.82) is 0 Å². The van der Waals surface area contributed by atoms with Crippen molar-refractivity contribution in [3.05, 3.63) is 21.9 Å². The standard InChI is InChI=1S/C13H21NO2S/c1-4-10(5-2)11(15)8-14-13(16)12-7-6-9(3)17-12/h6-7,10-11,15H,4-5,8H2,1-3H3,(H,14,16). The molecule has 96 valence electrons. The molecule has 0 radical (unpaired) electrons. The molecule has 0 spiro atoms. The van der Waals surface area contributed by atoms with Gasteiger partial charge in [0, 0.05) is 11.4 Å². The van der Waals surface area contributed by atoms with Gasteiger partial charge in [0.25, 0.3) is 5.91 Å². The summed E-state index contributed by atoms with van der Waals surface area (Å²) in [6.07, 6.45) is 1.42. The monoisotopic (exact) mass is 255 g/mol. The van der Waals surface area contributed by atoms with E-state index in [0.717, 1.165) is 17.7 Å². The molecule has 1 amide bonds. The van der Waals surface area contributed by atoms with Crippen LogP contribution in [0, 0.1) is 12.8 Å². The van der Waals surface area contributed by atoms with Crippen LogP contribution in [-0.4, -0.2) is 23.7 Å². The van der Waals surface area contributed by atoms with Gasteiger partial charge in [-0.1, -0.05) is 26.7 Å². The summed E-state index contributed by atoms with van der Waals surface area (Å²) < 4.78 is 0. The number of aliphatic hydroxyl groups is 1. The molecule has 0 bridgehead atoms. The highest BCUT2D eigenvalue weighted by atomic mass is 32.1. The minimum Gasteiger partial charge on any atom is -0.391 e. The molecule has 1 rings (SSSR count). The molecule has 1 aromatic rings. The molecule has 1 atom stereocenters. The van der Waals surface area contributed by atoms with Crippen molar-refractivity contribution in [1.82, 2.24) is 5.32 Å². The highest BCUT2D eigenvalue weighted by molar-refractivity contribution is 7.13. The molecule has 4 heteroatoms. The van der Waals surface area contributed by atoms with Gasteiger partial charge in [-0.05, 0) is 25.0 Å². The summed E-state index contributed by atoms with van der Waals surface area (Å²) in [5, 5.41) is 12.7. The molecule has 1 heterocycles. The number of thiophene rings is 1. The molecule has 2 N–H and O–H groups in total. The van der Waals surface area contributed by atoms with Crippen LogP contribution in [0.1, 0.15) is 41.2 Å². The molecule has 1 unspecified atom stereocenters. The van der Waals surface area contributed by atoms with Gasteiger partial charge in [-0.15, -0.1) is 11.3 Å². The fourth-order valence-electron chi connectivity index (χ4n) is 1.84. The predicted molar refractivity (Wildman–Crippen MR) is 71.5 cm³/mol. The molecule has 0 aliphatic rings. The van der Waals surface area contributed by atoms with Crippen LogP contribution in [-0.2, 0) is 0 Å². The minimum atomic E-state index is -0.449. The van der Waals surface area contributed by atoms with E-state index in [4.69, 9.17) is 0 Å². The number of carbonyl (C=O) groups excluding carboxylic acids is 1. The van der Waals surface area contributed by atoms with E-state index >= 15 is 0 Å². The Morgan fingerprint density at radius 1 is 1.41 bits per heavy atom. The summed E-state index contributed by atoms with van der Waals surface area (Å²) in [6.45, 7) is 6.42. The maximum atomic E-state index is 11.7. The third-order valence-corrected chi connectivity index (χ3v) is 4.03. The molecule has 0 aliphatic heterocycles. The Kier molecular flexibility index (Phi) is 5.65. The van der Waals surface area contributed by atoms with Crippen LogP contribution in [0.4, 0.5) is 0 Å². The number of aliphatic hydroxyl groups excluding tert-OH is 1. The maximum Gasteiger partial charge on any atom is 0.261 e. The SMILES string of the molecule is CCC(CC)C(O)CNC(=O)c1ccc(C)s1. The van der Waals surface area contributed by atoms with Crippen LogP contribution < -0.4 is 5.32 Å². The van der Waals surface area contributed by atoms with Crippen molar-refractivity contribution in [3.63, 3.8) is 0 Å². The van der Waals surface area contributed by atoms with Gasteiger partial charge in [0.1, 0.15) is 0 Å². The van der Waals surface area contributed by atoms with Gasteiger partial charge in [-0.3, -0.25) is 4.79 Å². The molecule has 0 saturated carbocycles. The highest BCUT2D eigenvalue weighted by Crippen LogP contribution is 2.15. The van der Waals surface area contributed by atoms with E-state index in [-0.39, 0.29) is 11.8 Å². The second-order valence-electron chi connectivity index (χ2n) is 4.26. The van der Waals surface area contributed by atoms with Gasteiger partial charge in [-0.2, -0.15) is 0 Å². The van der Waals surface area contributed by atoms with Crippen molar-refractivity contribution in [3.8, 4) is 0 Å². The van der Waals surface area contributed by atoms with Crippen molar-refractivity contribution in [2.75, 3.05) is 6.54 Å². The first-order valence-corrected chi connectivity index (χ1v) is 6.92. The first-order valence-electron chi connectivity index (χ1n) is 6.11. The van der Waals surface area contributed by atoms with Crippen LogP contribution in [0.3, 0.4) is 0 Å². The van der Waals surface area contributed by atoms with Gasteiger partial charge in [-0.25, -0.2) is 0 Å².